The summed E-state index contributed by atoms with van der Waals surface area (Å²) in [6.45, 7) is 2.01. The highest BCUT2D eigenvalue weighted by atomic mass is 127. The van der Waals surface area contributed by atoms with Gasteiger partial charge in [-0.15, -0.1) is 0 Å². The third-order valence-corrected chi connectivity index (χ3v) is 2.58. The van der Waals surface area contributed by atoms with Crippen LogP contribution < -0.4 is 0 Å². The van der Waals surface area contributed by atoms with E-state index < -0.39 is 0 Å². The van der Waals surface area contributed by atoms with E-state index in [1.165, 1.54) is 0 Å². The zero-order valence-corrected chi connectivity index (χ0v) is 8.11. The average molecular weight is 259 g/mol. The van der Waals surface area contributed by atoms with Crippen LogP contribution in [-0.4, -0.2) is 14.6 Å². The maximum atomic E-state index is 4.30. The van der Waals surface area contributed by atoms with Crippen molar-refractivity contribution in [2.75, 3.05) is 0 Å². The molecule has 2 aromatic heterocycles. The lowest BCUT2D eigenvalue weighted by molar-refractivity contribution is 0.897. The number of aryl methyl sites for hydroxylation is 1. The highest BCUT2D eigenvalue weighted by Crippen LogP contribution is 2.10. The van der Waals surface area contributed by atoms with Gasteiger partial charge in [0.15, 0.2) is 5.65 Å². The van der Waals surface area contributed by atoms with Crippen LogP contribution in [0.25, 0.3) is 5.65 Å². The molecule has 0 N–H and O–H groups in total. The van der Waals surface area contributed by atoms with E-state index in [4.69, 9.17) is 0 Å². The number of nitrogens with zero attached hydrogens (tertiary/aromatic N) is 3. The molecule has 0 bridgehead atoms. The van der Waals surface area contributed by atoms with Crippen molar-refractivity contribution in [3.63, 3.8) is 0 Å². The lowest BCUT2D eigenvalue weighted by Gasteiger charge is -1.90. The molecule has 0 fully saturated rings. The predicted molar refractivity (Wildman–Crippen MR) is 50.4 cm³/mol. The number of halogens is 1. The van der Waals surface area contributed by atoms with Crippen molar-refractivity contribution < 1.29 is 0 Å². The molecule has 0 aromatic carbocycles. The Labute approximate surface area is 77.6 Å². The molecule has 0 saturated heterocycles. The largest absolute Gasteiger partial charge is 0.221 e. The summed E-state index contributed by atoms with van der Waals surface area (Å²) in [4.78, 5) is 4.30. The molecule has 0 aliphatic rings. The molecule has 0 aliphatic heterocycles. The Kier molecular flexibility index (Phi) is 1.56. The fourth-order valence-electron chi connectivity index (χ4n) is 0.976. The van der Waals surface area contributed by atoms with Gasteiger partial charge in [0.2, 0.25) is 0 Å². The predicted octanol–water partition coefficient (Wildman–Crippen LogP) is 1.64. The Hall–Kier alpha value is -0.650. The molecule has 0 amide bonds. The van der Waals surface area contributed by atoms with Gasteiger partial charge in [-0.25, -0.2) is 9.50 Å². The third-order valence-electron chi connectivity index (χ3n) is 1.56. The van der Waals surface area contributed by atoms with Crippen LogP contribution in [-0.2, 0) is 0 Å². The van der Waals surface area contributed by atoms with Gasteiger partial charge in [0.25, 0.3) is 0 Å². The van der Waals surface area contributed by atoms with E-state index in [0.29, 0.717) is 0 Å². The summed E-state index contributed by atoms with van der Waals surface area (Å²) in [7, 11) is 0. The first-order valence-corrected chi connectivity index (χ1v) is 4.33. The molecule has 0 spiro atoms. The van der Waals surface area contributed by atoms with Crippen LogP contribution in [0.3, 0.4) is 0 Å². The summed E-state index contributed by atoms with van der Waals surface area (Å²) in [5.74, 6) is 0. The summed E-state index contributed by atoms with van der Waals surface area (Å²) < 4.78 is 2.85. The zero-order valence-electron chi connectivity index (χ0n) is 5.95. The van der Waals surface area contributed by atoms with Crippen LogP contribution in [0.1, 0.15) is 5.69 Å². The minimum atomic E-state index is 0.911. The van der Waals surface area contributed by atoms with Crippen LogP contribution in [0.5, 0.6) is 0 Å². The first kappa shape index (κ1) is 7.02. The van der Waals surface area contributed by atoms with Crippen LogP contribution >= 0.6 is 22.6 Å². The number of hydrogen-bond donors (Lipinski definition) is 0. The Morgan fingerprint density at radius 2 is 2.36 bits per heavy atom. The van der Waals surface area contributed by atoms with Crippen LogP contribution in [0.2, 0.25) is 0 Å². The first-order chi connectivity index (χ1) is 5.29. The van der Waals surface area contributed by atoms with E-state index in [2.05, 4.69) is 32.7 Å². The maximum Gasteiger partial charge on any atom is 0.155 e. The smallest absolute Gasteiger partial charge is 0.155 e. The van der Waals surface area contributed by atoms with E-state index in [1.54, 1.807) is 6.20 Å². The van der Waals surface area contributed by atoms with Crippen molar-refractivity contribution in [3.8, 4) is 0 Å². The van der Waals surface area contributed by atoms with Gasteiger partial charge in [0.1, 0.15) is 3.70 Å². The standard InChI is InChI=1S/C7H6IN3/c1-5-7(8)10-6-3-2-4-9-11(5)6/h2-4H,1H3. The van der Waals surface area contributed by atoms with Gasteiger partial charge >= 0.3 is 0 Å². The van der Waals surface area contributed by atoms with E-state index >= 15 is 0 Å². The first-order valence-electron chi connectivity index (χ1n) is 3.25. The second kappa shape index (κ2) is 2.44. The molecular weight excluding hydrogens is 253 g/mol. The lowest BCUT2D eigenvalue weighted by atomic mass is 10.5. The maximum absolute atomic E-state index is 4.30. The molecule has 0 saturated carbocycles. The molecule has 0 radical (unpaired) electrons. The number of imidazole rings is 1. The van der Waals surface area contributed by atoms with Crippen molar-refractivity contribution in [1.29, 1.82) is 0 Å². The van der Waals surface area contributed by atoms with E-state index in [-0.39, 0.29) is 0 Å². The number of aromatic nitrogens is 3. The summed E-state index contributed by atoms with van der Waals surface area (Å²) >= 11 is 2.21. The Bertz CT molecular complexity index is 393. The highest BCUT2D eigenvalue weighted by Gasteiger charge is 2.03. The topological polar surface area (TPSA) is 30.2 Å². The molecule has 0 aliphatic carbocycles. The molecule has 56 valence electrons. The second-order valence-corrected chi connectivity index (χ2v) is 3.30. The summed E-state index contributed by atoms with van der Waals surface area (Å²) in [6, 6.07) is 3.83. The Morgan fingerprint density at radius 1 is 1.55 bits per heavy atom. The number of hydrogen-bond acceptors (Lipinski definition) is 2. The lowest BCUT2D eigenvalue weighted by Crippen LogP contribution is -1.91. The van der Waals surface area contributed by atoms with E-state index in [1.807, 2.05) is 23.6 Å². The van der Waals surface area contributed by atoms with E-state index in [0.717, 1.165) is 15.0 Å². The second-order valence-electron chi connectivity index (χ2n) is 2.28. The van der Waals surface area contributed by atoms with Gasteiger partial charge in [-0.3, -0.25) is 0 Å². The van der Waals surface area contributed by atoms with Crippen LogP contribution in [0.4, 0.5) is 0 Å². The van der Waals surface area contributed by atoms with Gasteiger partial charge in [0.05, 0.1) is 5.69 Å². The molecule has 4 heteroatoms. The van der Waals surface area contributed by atoms with Crippen molar-refractivity contribution in [2.45, 2.75) is 6.92 Å². The minimum absolute atomic E-state index is 0.911. The van der Waals surface area contributed by atoms with Gasteiger partial charge in [-0.2, -0.15) is 5.10 Å². The van der Waals surface area contributed by atoms with Gasteiger partial charge in [-0.05, 0) is 41.6 Å². The molecule has 11 heavy (non-hydrogen) atoms. The highest BCUT2D eigenvalue weighted by molar-refractivity contribution is 14.1. The fourth-order valence-corrected chi connectivity index (χ4v) is 1.45. The third kappa shape index (κ3) is 1.01. The molecule has 2 aromatic rings. The molecule has 2 rings (SSSR count). The molecule has 0 unspecified atom stereocenters. The van der Waals surface area contributed by atoms with E-state index in [9.17, 15) is 0 Å². The summed E-state index contributed by atoms with van der Waals surface area (Å²) in [5, 5.41) is 4.15. The molecule has 0 atom stereocenters. The van der Waals surface area contributed by atoms with Crippen molar-refractivity contribution in [2.24, 2.45) is 0 Å². The van der Waals surface area contributed by atoms with Crippen LogP contribution in [0, 0.1) is 10.6 Å². The number of rotatable bonds is 0. The fraction of sp³-hybridized carbons (Fsp3) is 0.143. The molecular formula is C7H6IN3. The SMILES string of the molecule is Cc1c(I)nc2cccnn12. The Morgan fingerprint density at radius 3 is 3.09 bits per heavy atom. The average Bonchev–Trinajstić information content (AvgIpc) is 2.30. The van der Waals surface area contributed by atoms with Crippen molar-refractivity contribution in [3.05, 3.63) is 27.7 Å². The Balaban J connectivity index is 2.92. The van der Waals surface area contributed by atoms with Crippen LogP contribution in [0.15, 0.2) is 18.3 Å². The zero-order chi connectivity index (χ0) is 7.84. The van der Waals surface area contributed by atoms with Crippen molar-refractivity contribution >= 4 is 28.2 Å². The van der Waals surface area contributed by atoms with Gasteiger partial charge in [0, 0.05) is 6.20 Å². The normalized spacial score (nSPS) is 10.7. The molecule has 3 nitrogen and oxygen atoms in total. The van der Waals surface area contributed by atoms with Gasteiger partial charge in [-0.1, -0.05) is 0 Å². The summed E-state index contributed by atoms with van der Waals surface area (Å²) in [6.07, 6.45) is 1.76. The summed E-state index contributed by atoms with van der Waals surface area (Å²) in [5.41, 5.74) is 2.01. The van der Waals surface area contributed by atoms with Crippen molar-refractivity contribution in [1.82, 2.24) is 14.6 Å². The minimum Gasteiger partial charge on any atom is -0.221 e. The number of fused-ring (bicyclic) bond motifs is 1. The monoisotopic (exact) mass is 259 g/mol. The van der Waals surface area contributed by atoms with Gasteiger partial charge < -0.3 is 0 Å². The quantitative estimate of drug-likeness (QED) is 0.673. The molecule has 2 heterocycles.